The number of hydrazone groups is 1. The maximum absolute atomic E-state index is 12.0. The Morgan fingerprint density at radius 1 is 1.24 bits per heavy atom. The Balaban J connectivity index is 1.97. The Kier molecular flexibility index (Phi) is 4.47. The molecule has 0 aliphatic carbocycles. The first-order valence-electron chi connectivity index (χ1n) is 7.76. The quantitative estimate of drug-likeness (QED) is 0.632. The summed E-state index contributed by atoms with van der Waals surface area (Å²) in [4.78, 5) is 22.9. The van der Waals surface area contributed by atoms with Crippen LogP contribution in [0.25, 0.3) is 0 Å². The number of carbonyl (C=O) groups excluding carboxylic acids is 1. The molecule has 0 unspecified atom stereocenters. The van der Waals surface area contributed by atoms with Gasteiger partial charge >= 0.3 is 0 Å². The van der Waals surface area contributed by atoms with Crippen LogP contribution < -0.4 is 4.74 Å². The Labute approximate surface area is 144 Å². The van der Waals surface area contributed by atoms with Crippen LogP contribution in [-0.4, -0.2) is 28.7 Å². The maximum Gasteiger partial charge on any atom is 0.274 e. The number of benzene rings is 2. The van der Waals surface area contributed by atoms with Crippen molar-refractivity contribution in [2.45, 2.75) is 19.4 Å². The van der Waals surface area contributed by atoms with Gasteiger partial charge in [-0.3, -0.25) is 14.9 Å². The lowest BCUT2D eigenvalue weighted by molar-refractivity contribution is -0.385. The van der Waals surface area contributed by atoms with E-state index in [0.717, 1.165) is 11.3 Å². The fraction of sp³-hybridized carbons (Fsp3) is 0.222. The van der Waals surface area contributed by atoms with Crippen molar-refractivity contribution in [2.24, 2.45) is 5.10 Å². The lowest BCUT2D eigenvalue weighted by Crippen LogP contribution is -2.24. The first kappa shape index (κ1) is 16.6. The van der Waals surface area contributed by atoms with Crippen molar-refractivity contribution in [3.8, 4) is 5.75 Å². The van der Waals surface area contributed by atoms with Crippen LogP contribution in [0, 0.1) is 10.1 Å². The fourth-order valence-electron chi connectivity index (χ4n) is 2.94. The van der Waals surface area contributed by atoms with Crippen LogP contribution in [0.3, 0.4) is 0 Å². The zero-order valence-corrected chi connectivity index (χ0v) is 13.9. The number of para-hydroxylation sites is 1. The summed E-state index contributed by atoms with van der Waals surface area (Å²) in [5.74, 6) is 0.465. The van der Waals surface area contributed by atoms with Crippen LogP contribution in [0.15, 0.2) is 53.6 Å². The standard InChI is InChI=1S/C18H17N3O4/c1-12(22)20-18(15-5-3-4-6-17(15)21(23)24)11-16(19-20)13-7-9-14(25-2)10-8-13/h3-10,18H,11H2,1-2H3/t18-/m1/s1. The monoisotopic (exact) mass is 339 g/mol. The molecule has 0 saturated carbocycles. The third-order valence-electron chi connectivity index (χ3n) is 4.15. The molecule has 1 aliphatic heterocycles. The predicted octanol–water partition coefficient (Wildman–Crippen LogP) is 3.30. The molecule has 0 N–H and O–H groups in total. The number of ether oxygens (including phenoxy) is 1. The number of hydrogen-bond acceptors (Lipinski definition) is 5. The minimum Gasteiger partial charge on any atom is -0.497 e. The van der Waals surface area contributed by atoms with Gasteiger partial charge in [0.25, 0.3) is 5.69 Å². The molecule has 0 radical (unpaired) electrons. The van der Waals surface area contributed by atoms with Crippen LogP contribution in [0.5, 0.6) is 5.75 Å². The number of nitro groups is 1. The van der Waals surface area contributed by atoms with E-state index in [1.54, 1.807) is 25.3 Å². The Hall–Kier alpha value is -3.22. The van der Waals surface area contributed by atoms with E-state index in [1.165, 1.54) is 18.0 Å². The highest BCUT2D eigenvalue weighted by molar-refractivity contribution is 6.03. The molecule has 1 aliphatic rings. The number of methoxy groups -OCH3 is 1. The second-order valence-corrected chi connectivity index (χ2v) is 5.67. The number of nitro benzene ring substituents is 1. The largest absolute Gasteiger partial charge is 0.497 e. The zero-order chi connectivity index (χ0) is 18.0. The first-order chi connectivity index (χ1) is 12.0. The number of nitrogens with zero attached hydrogens (tertiary/aromatic N) is 3. The van der Waals surface area contributed by atoms with Crippen LogP contribution in [0.1, 0.15) is 30.5 Å². The average Bonchev–Trinajstić information content (AvgIpc) is 3.07. The lowest BCUT2D eigenvalue weighted by Gasteiger charge is -2.20. The summed E-state index contributed by atoms with van der Waals surface area (Å²) in [5.41, 5.74) is 2.04. The summed E-state index contributed by atoms with van der Waals surface area (Å²) in [6.07, 6.45) is 0.413. The van der Waals surface area contributed by atoms with Gasteiger partial charge in [0.1, 0.15) is 5.75 Å². The normalized spacial score (nSPS) is 16.5. The molecule has 7 nitrogen and oxygen atoms in total. The molecule has 25 heavy (non-hydrogen) atoms. The predicted molar refractivity (Wildman–Crippen MR) is 92.5 cm³/mol. The molecule has 0 bridgehead atoms. The average molecular weight is 339 g/mol. The van der Waals surface area contributed by atoms with E-state index in [4.69, 9.17) is 4.74 Å². The van der Waals surface area contributed by atoms with E-state index < -0.39 is 11.0 Å². The summed E-state index contributed by atoms with van der Waals surface area (Å²) in [7, 11) is 1.59. The minimum absolute atomic E-state index is 0.00932. The molecule has 1 atom stereocenters. The lowest BCUT2D eigenvalue weighted by atomic mass is 9.97. The highest BCUT2D eigenvalue weighted by Crippen LogP contribution is 2.37. The smallest absolute Gasteiger partial charge is 0.274 e. The van der Waals surface area contributed by atoms with Gasteiger partial charge in [0, 0.05) is 19.4 Å². The van der Waals surface area contributed by atoms with Crippen molar-refractivity contribution in [1.82, 2.24) is 5.01 Å². The highest BCUT2D eigenvalue weighted by atomic mass is 16.6. The van der Waals surface area contributed by atoms with Gasteiger partial charge in [-0.05, 0) is 35.9 Å². The Bertz CT molecular complexity index is 846. The third-order valence-corrected chi connectivity index (χ3v) is 4.15. The molecule has 3 rings (SSSR count). The third kappa shape index (κ3) is 3.21. The first-order valence-corrected chi connectivity index (χ1v) is 7.76. The fourth-order valence-corrected chi connectivity index (χ4v) is 2.94. The van der Waals surface area contributed by atoms with Crippen molar-refractivity contribution in [3.05, 3.63) is 69.8 Å². The molecule has 7 heteroatoms. The van der Waals surface area contributed by atoms with Crippen LogP contribution in [0.2, 0.25) is 0 Å². The van der Waals surface area contributed by atoms with E-state index in [9.17, 15) is 14.9 Å². The van der Waals surface area contributed by atoms with E-state index in [2.05, 4.69) is 5.10 Å². The summed E-state index contributed by atoms with van der Waals surface area (Å²) < 4.78 is 5.14. The van der Waals surface area contributed by atoms with Crippen LogP contribution >= 0.6 is 0 Å². The molecule has 2 aromatic rings. The van der Waals surface area contributed by atoms with Gasteiger partial charge in [-0.1, -0.05) is 12.1 Å². The number of rotatable bonds is 4. The van der Waals surface area contributed by atoms with Crippen LogP contribution in [-0.2, 0) is 4.79 Å². The van der Waals surface area contributed by atoms with E-state index in [-0.39, 0.29) is 11.6 Å². The minimum atomic E-state index is -0.490. The molecule has 0 fully saturated rings. The summed E-state index contributed by atoms with van der Waals surface area (Å²) >= 11 is 0. The van der Waals surface area contributed by atoms with Crippen LogP contribution in [0.4, 0.5) is 5.69 Å². The second-order valence-electron chi connectivity index (χ2n) is 5.67. The maximum atomic E-state index is 12.0. The van der Waals surface area contributed by atoms with Gasteiger partial charge in [-0.2, -0.15) is 5.10 Å². The van der Waals surface area contributed by atoms with Crippen molar-refractivity contribution < 1.29 is 14.5 Å². The molecule has 0 aromatic heterocycles. The molecule has 1 amide bonds. The molecular weight excluding hydrogens is 322 g/mol. The van der Waals surface area contributed by atoms with E-state index in [1.807, 2.05) is 24.3 Å². The molecule has 0 spiro atoms. The van der Waals surface area contributed by atoms with Crippen molar-refractivity contribution in [1.29, 1.82) is 0 Å². The van der Waals surface area contributed by atoms with Gasteiger partial charge in [-0.25, -0.2) is 5.01 Å². The Morgan fingerprint density at radius 3 is 2.52 bits per heavy atom. The summed E-state index contributed by atoms with van der Waals surface area (Å²) in [5, 5.41) is 17.1. The molecule has 0 saturated heterocycles. The van der Waals surface area contributed by atoms with Gasteiger partial charge in [0.05, 0.1) is 29.4 Å². The van der Waals surface area contributed by atoms with Gasteiger partial charge in [-0.15, -0.1) is 0 Å². The van der Waals surface area contributed by atoms with Crippen molar-refractivity contribution in [2.75, 3.05) is 7.11 Å². The Morgan fingerprint density at radius 2 is 1.92 bits per heavy atom. The van der Waals surface area contributed by atoms with Crippen molar-refractivity contribution in [3.63, 3.8) is 0 Å². The van der Waals surface area contributed by atoms with Gasteiger partial charge in [0.15, 0.2) is 0 Å². The van der Waals surface area contributed by atoms with Gasteiger partial charge < -0.3 is 4.74 Å². The molecule has 128 valence electrons. The highest BCUT2D eigenvalue weighted by Gasteiger charge is 2.35. The zero-order valence-electron chi connectivity index (χ0n) is 13.9. The number of hydrogen-bond donors (Lipinski definition) is 0. The topological polar surface area (TPSA) is 85.0 Å². The number of carbonyl (C=O) groups is 1. The SMILES string of the molecule is COc1ccc(C2=NN(C(C)=O)[C@@H](c3ccccc3[N+](=O)[O-])C2)cc1. The summed E-state index contributed by atoms with van der Waals surface area (Å²) in [6, 6.07) is 13.3. The molecule has 1 heterocycles. The summed E-state index contributed by atoms with van der Waals surface area (Å²) in [6.45, 7) is 1.40. The van der Waals surface area contributed by atoms with E-state index >= 15 is 0 Å². The molecular formula is C18H17N3O4. The van der Waals surface area contributed by atoms with Gasteiger partial charge in [0.2, 0.25) is 5.91 Å². The van der Waals surface area contributed by atoms with Crippen molar-refractivity contribution >= 4 is 17.3 Å². The molecule has 2 aromatic carbocycles. The second kappa shape index (κ2) is 6.72. The number of amides is 1. The van der Waals surface area contributed by atoms with E-state index in [0.29, 0.717) is 17.7 Å².